The molecule has 2 rings (SSSR count). The summed E-state index contributed by atoms with van der Waals surface area (Å²) in [7, 11) is 0. The second-order valence-corrected chi connectivity index (χ2v) is 4.84. The standard InChI is InChI=1S/C16H20N2O/c1-4-12(2)8-7-11-18-15-10-6-5-9-14(15)17-13(3)16(18)19/h5-6,8-10H,4,7,11H2,1-3H3. The van der Waals surface area contributed by atoms with Gasteiger partial charge in [-0.25, -0.2) is 4.98 Å². The van der Waals surface area contributed by atoms with E-state index in [0.717, 1.165) is 23.9 Å². The number of nitrogens with zero attached hydrogens (tertiary/aromatic N) is 2. The van der Waals surface area contributed by atoms with Crippen LogP contribution < -0.4 is 5.56 Å². The van der Waals surface area contributed by atoms with E-state index >= 15 is 0 Å². The maximum Gasteiger partial charge on any atom is 0.272 e. The lowest BCUT2D eigenvalue weighted by Gasteiger charge is -2.10. The summed E-state index contributed by atoms with van der Waals surface area (Å²) in [5.41, 5.74) is 3.75. The summed E-state index contributed by atoms with van der Waals surface area (Å²) < 4.78 is 1.83. The molecule has 0 radical (unpaired) electrons. The van der Waals surface area contributed by atoms with E-state index in [1.165, 1.54) is 5.57 Å². The van der Waals surface area contributed by atoms with Gasteiger partial charge in [0.25, 0.3) is 5.56 Å². The Kier molecular flexibility index (Phi) is 4.15. The van der Waals surface area contributed by atoms with Crippen molar-refractivity contribution >= 4 is 11.0 Å². The molecule has 3 nitrogen and oxygen atoms in total. The van der Waals surface area contributed by atoms with Crippen LogP contribution in [0.4, 0.5) is 0 Å². The number of para-hydroxylation sites is 2. The summed E-state index contributed by atoms with van der Waals surface area (Å²) in [6.07, 6.45) is 4.15. The van der Waals surface area contributed by atoms with Gasteiger partial charge in [-0.3, -0.25) is 4.79 Å². The normalized spacial score (nSPS) is 12.1. The van der Waals surface area contributed by atoms with Crippen LogP contribution in [0.3, 0.4) is 0 Å². The van der Waals surface area contributed by atoms with Crippen molar-refractivity contribution in [2.45, 2.75) is 40.2 Å². The zero-order valence-corrected chi connectivity index (χ0v) is 11.8. The molecule has 0 saturated carbocycles. The lowest BCUT2D eigenvalue weighted by atomic mass is 10.2. The van der Waals surface area contributed by atoms with Crippen molar-refractivity contribution in [3.63, 3.8) is 0 Å². The molecule has 19 heavy (non-hydrogen) atoms. The summed E-state index contributed by atoms with van der Waals surface area (Å²) in [5, 5.41) is 0. The maximum atomic E-state index is 12.2. The highest BCUT2D eigenvalue weighted by Gasteiger charge is 2.06. The Balaban J connectivity index is 2.41. The molecule has 0 amide bonds. The first-order valence-corrected chi connectivity index (χ1v) is 6.75. The third-order valence-corrected chi connectivity index (χ3v) is 3.42. The van der Waals surface area contributed by atoms with Gasteiger partial charge in [0.15, 0.2) is 0 Å². The smallest absolute Gasteiger partial charge is 0.272 e. The summed E-state index contributed by atoms with van der Waals surface area (Å²) in [6, 6.07) is 7.80. The fourth-order valence-corrected chi connectivity index (χ4v) is 2.13. The minimum Gasteiger partial charge on any atom is -0.305 e. The van der Waals surface area contributed by atoms with Crippen LogP contribution in [0.5, 0.6) is 0 Å². The van der Waals surface area contributed by atoms with Crippen molar-refractivity contribution in [1.29, 1.82) is 0 Å². The molecule has 0 aliphatic rings. The Morgan fingerprint density at radius 2 is 2.11 bits per heavy atom. The zero-order chi connectivity index (χ0) is 13.8. The summed E-state index contributed by atoms with van der Waals surface area (Å²) >= 11 is 0. The molecule has 0 unspecified atom stereocenters. The molecule has 0 aliphatic heterocycles. The number of aromatic nitrogens is 2. The van der Waals surface area contributed by atoms with Gasteiger partial charge in [0, 0.05) is 6.54 Å². The van der Waals surface area contributed by atoms with Crippen LogP contribution >= 0.6 is 0 Å². The average molecular weight is 256 g/mol. The van der Waals surface area contributed by atoms with Gasteiger partial charge in [-0.1, -0.05) is 30.7 Å². The van der Waals surface area contributed by atoms with E-state index in [-0.39, 0.29) is 5.56 Å². The van der Waals surface area contributed by atoms with E-state index in [9.17, 15) is 4.79 Å². The molecule has 0 fully saturated rings. The third kappa shape index (κ3) is 2.92. The van der Waals surface area contributed by atoms with Gasteiger partial charge < -0.3 is 4.57 Å². The molecule has 0 spiro atoms. The minimum atomic E-state index is 0.0150. The quantitative estimate of drug-likeness (QED) is 0.785. The largest absolute Gasteiger partial charge is 0.305 e. The van der Waals surface area contributed by atoms with Gasteiger partial charge in [-0.2, -0.15) is 0 Å². The number of hydrogen-bond donors (Lipinski definition) is 0. The molecule has 0 N–H and O–H groups in total. The molecule has 0 saturated heterocycles. The molecular weight excluding hydrogens is 236 g/mol. The predicted molar refractivity (Wildman–Crippen MR) is 79.4 cm³/mol. The molecular formula is C16H20N2O. The lowest BCUT2D eigenvalue weighted by molar-refractivity contribution is 0.694. The van der Waals surface area contributed by atoms with Gasteiger partial charge in [-0.05, 0) is 38.8 Å². The first kappa shape index (κ1) is 13.5. The molecule has 3 heteroatoms. The monoisotopic (exact) mass is 256 g/mol. The Hall–Kier alpha value is -1.90. The average Bonchev–Trinajstić information content (AvgIpc) is 2.42. The highest BCUT2D eigenvalue weighted by Crippen LogP contribution is 2.11. The summed E-state index contributed by atoms with van der Waals surface area (Å²) in [4.78, 5) is 16.6. The van der Waals surface area contributed by atoms with Crippen LogP contribution in [0.1, 0.15) is 32.4 Å². The summed E-state index contributed by atoms with van der Waals surface area (Å²) in [5.74, 6) is 0. The SMILES string of the molecule is CCC(C)=CCCn1c(=O)c(C)nc2ccccc21. The summed E-state index contributed by atoms with van der Waals surface area (Å²) in [6.45, 7) is 6.75. The number of benzene rings is 1. The second kappa shape index (κ2) is 5.83. The topological polar surface area (TPSA) is 34.9 Å². The van der Waals surface area contributed by atoms with E-state index in [0.29, 0.717) is 12.2 Å². The molecule has 1 aromatic carbocycles. The van der Waals surface area contributed by atoms with Crippen molar-refractivity contribution in [3.05, 3.63) is 52.0 Å². The first-order valence-electron chi connectivity index (χ1n) is 6.75. The van der Waals surface area contributed by atoms with E-state index in [2.05, 4.69) is 24.9 Å². The van der Waals surface area contributed by atoms with Crippen molar-refractivity contribution in [2.75, 3.05) is 0 Å². The van der Waals surface area contributed by atoms with Gasteiger partial charge >= 0.3 is 0 Å². The Morgan fingerprint density at radius 1 is 1.37 bits per heavy atom. The van der Waals surface area contributed by atoms with Crippen molar-refractivity contribution in [3.8, 4) is 0 Å². The molecule has 0 atom stereocenters. The van der Waals surface area contributed by atoms with Gasteiger partial charge in [0.05, 0.1) is 11.0 Å². The molecule has 0 aliphatic carbocycles. The molecule has 100 valence electrons. The number of fused-ring (bicyclic) bond motifs is 1. The Bertz CT molecular complexity index is 668. The van der Waals surface area contributed by atoms with Crippen LogP contribution in [-0.4, -0.2) is 9.55 Å². The van der Waals surface area contributed by atoms with Crippen molar-refractivity contribution < 1.29 is 0 Å². The number of aryl methyl sites for hydroxylation is 2. The predicted octanol–water partition coefficient (Wildman–Crippen LogP) is 3.45. The highest BCUT2D eigenvalue weighted by molar-refractivity contribution is 5.74. The van der Waals surface area contributed by atoms with Crippen molar-refractivity contribution in [2.24, 2.45) is 0 Å². The molecule has 2 aromatic rings. The second-order valence-electron chi connectivity index (χ2n) is 4.84. The lowest BCUT2D eigenvalue weighted by Crippen LogP contribution is -2.24. The third-order valence-electron chi connectivity index (χ3n) is 3.42. The van der Waals surface area contributed by atoms with Gasteiger partial charge in [-0.15, -0.1) is 0 Å². The van der Waals surface area contributed by atoms with Gasteiger partial charge in [0.1, 0.15) is 5.69 Å². The first-order chi connectivity index (χ1) is 9.13. The Labute approximate surface area is 113 Å². The number of allylic oxidation sites excluding steroid dienone is 2. The minimum absolute atomic E-state index is 0.0150. The maximum absolute atomic E-state index is 12.2. The highest BCUT2D eigenvalue weighted by atomic mass is 16.1. The van der Waals surface area contributed by atoms with Crippen LogP contribution in [0.2, 0.25) is 0 Å². The van der Waals surface area contributed by atoms with E-state index in [1.807, 2.05) is 28.8 Å². The van der Waals surface area contributed by atoms with Crippen molar-refractivity contribution in [1.82, 2.24) is 9.55 Å². The van der Waals surface area contributed by atoms with E-state index in [4.69, 9.17) is 0 Å². The number of hydrogen-bond acceptors (Lipinski definition) is 2. The Morgan fingerprint density at radius 3 is 2.84 bits per heavy atom. The molecule has 1 heterocycles. The number of rotatable bonds is 4. The fourth-order valence-electron chi connectivity index (χ4n) is 2.13. The molecule has 1 aromatic heterocycles. The van der Waals surface area contributed by atoms with Gasteiger partial charge in [0.2, 0.25) is 0 Å². The van der Waals surface area contributed by atoms with Crippen LogP contribution in [0.15, 0.2) is 40.7 Å². The molecule has 0 bridgehead atoms. The van der Waals surface area contributed by atoms with E-state index < -0.39 is 0 Å². The van der Waals surface area contributed by atoms with Crippen LogP contribution in [0, 0.1) is 6.92 Å². The van der Waals surface area contributed by atoms with Crippen LogP contribution in [-0.2, 0) is 6.54 Å². The van der Waals surface area contributed by atoms with E-state index in [1.54, 1.807) is 6.92 Å². The van der Waals surface area contributed by atoms with Crippen LogP contribution in [0.25, 0.3) is 11.0 Å². The zero-order valence-electron chi connectivity index (χ0n) is 11.8. The fraction of sp³-hybridized carbons (Fsp3) is 0.375.